The zero-order valence-electron chi connectivity index (χ0n) is 16.3. The van der Waals surface area contributed by atoms with Crippen LogP contribution in [0.25, 0.3) is 22.9 Å². The van der Waals surface area contributed by atoms with Gasteiger partial charge in [-0.2, -0.15) is 5.26 Å². The standard InChI is InChI=1S/C24H24N2OS/c1-3-5-14-27-22-12-8-19(9-13-22)15-21(16-25)24-26-23(17-28-24)20-10-6-18(4-2)7-11-20/h6-13,15,17H,3-5,14H2,1-2H3/b21-15+. The first-order valence-electron chi connectivity index (χ1n) is 9.63. The van der Waals surface area contributed by atoms with Crippen molar-refractivity contribution in [2.24, 2.45) is 0 Å². The number of aromatic nitrogens is 1. The first-order valence-corrected chi connectivity index (χ1v) is 10.5. The molecular formula is C24H24N2OS. The zero-order valence-corrected chi connectivity index (χ0v) is 17.1. The molecule has 0 N–H and O–H groups in total. The van der Waals surface area contributed by atoms with E-state index in [0.29, 0.717) is 5.57 Å². The Morgan fingerprint density at radius 3 is 2.50 bits per heavy atom. The van der Waals surface area contributed by atoms with E-state index in [1.54, 1.807) is 0 Å². The Labute approximate surface area is 171 Å². The van der Waals surface area contributed by atoms with Gasteiger partial charge in [-0.15, -0.1) is 11.3 Å². The Kier molecular flexibility index (Phi) is 7.00. The van der Waals surface area contributed by atoms with Crippen LogP contribution >= 0.6 is 11.3 Å². The van der Waals surface area contributed by atoms with Gasteiger partial charge in [0.2, 0.25) is 0 Å². The third-order valence-corrected chi connectivity index (χ3v) is 5.35. The molecule has 0 saturated heterocycles. The summed E-state index contributed by atoms with van der Waals surface area (Å²) in [6.45, 7) is 5.02. The lowest BCUT2D eigenvalue weighted by atomic mass is 10.1. The maximum Gasteiger partial charge on any atom is 0.134 e. The summed E-state index contributed by atoms with van der Waals surface area (Å²) in [5.74, 6) is 0.858. The van der Waals surface area contributed by atoms with Crippen LogP contribution in [0, 0.1) is 11.3 Å². The molecule has 3 nitrogen and oxygen atoms in total. The molecule has 0 atom stereocenters. The van der Waals surface area contributed by atoms with Gasteiger partial charge in [0.1, 0.15) is 16.8 Å². The van der Waals surface area contributed by atoms with E-state index in [9.17, 15) is 5.26 Å². The number of unbranched alkanes of at least 4 members (excludes halogenated alkanes) is 1. The smallest absolute Gasteiger partial charge is 0.134 e. The first kappa shape index (κ1) is 19.9. The summed E-state index contributed by atoms with van der Waals surface area (Å²) in [6, 6.07) is 18.5. The molecule has 4 heteroatoms. The summed E-state index contributed by atoms with van der Waals surface area (Å²) < 4.78 is 5.69. The highest BCUT2D eigenvalue weighted by Crippen LogP contribution is 2.28. The van der Waals surface area contributed by atoms with Crippen LogP contribution in [0.3, 0.4) is 0 Å². The Morgan fingerprint density at radius 2 is 1.86 bits per heavy atom. The average molecular weight is 389 g/mol. The van der Waals surface area contributed by atoms with Gasteiger partial charge in [-0.25, -0.2) is 4.98 Å². The molecule has 0 aliphatic rings. The summed E-state index contributed by atoms with van der Waals surface area (Å²) >= 11 is 1.50. The molecule has 0 radical (unpaired) electrons. The molecule has 3 aromatic rings. The van der Waals surface area contributed by atoms with E-state index in [4.69, 9.17) is 4.74 Å². The quantitative estimate of drug-likeness (QED) is 0.322. The van der Waals surface area contributed by atoms with Crippen molar-refractivity contribution in [2.75, 3.05) is 6.61 Å². The van der Waals surface area contributed by atoms with E-state index < -0.39 is 0 Å². The minimum Gasteiger partial charge on any atom is -0.494 e. The Bertz CT molecular complexity index is 963. The van der Waals surface area contributed by atoms with E-state index >= 15 is 0 Å². The van der Waals surface area contributed by atoms with Gasteiger partial charge >= 0.3 is 0 Å². The van der Waals surface area contributed by atoms with Gasteiger partial charge < -0.3 is 4.74 Å². The molecule has 0 aliphatic carbocycles. The van der Waals surface area contributed by atoms with Crippen molar-refractivity contribution in [3.05, 3.63) is 70.0 Å². The molecule has 3 rings (SSSR count). The van der Waals surface area contributed by atoms with Crippen molar-refractivity contribution in [2.45, 2.75) is 33.1 Å². The third-order valence-electron chi connectivity index (χ3n) is 4.47. The first-order chi connectivity index (χ1) is 13.7. The second kappa shape index (κ2) is 9.87. The predicted molar refractivity (Wildman–Crippen MR) is 117 cm³/mol. The fourth-order valence-corrected chi connectivity index (χ4v) is 3.54. The minimum atomic E-state index is 0.570. The lowest BCUT2D eigenvalue weighted by Crippen LogP contribution is -1.95. The van der Waals surface area contributed by atoms with Crippen LogP contribution in [0.15, 0.2) is 53.9 Å². The van der Waals surface area contributed by atoms with Crippen molar-refractivity contribution in [3.63, 3.8) is 0 Å². The fourth-order valence-electron chi connectivity index (χ4n) is 2.74. The molecule has 0 amide bonds. The highest BCUT2D eigenvalue weighted by Gasteiger charge is 2.09. The van der Waals surface area contributed by atoms with E-state index in [1.165, 1.54) is 16.9 Å². The topological polar surface area (TPSA) is 45.9 Å². The summed E-state index contributed by atoms with van der Waals surface area (Å²) in [5, 5.41) is 12.4. The molecule has 1 aromatic heterocycles. The summed E-state index contributed by atoms with van der Waals surface area (Å²) in [6.07, 6.45) is 5.06. The third kappa shape index (κ3) is 5.09. The molecular weight excluding hydrogens is 364 g/mol. The van der Waals surface area contributed by atoms with Crippen LogP contribution in [0.4, 0.5) is 0 Å². The fraction of sp³-hybridized carbons (Fsp3) is 0.250. The van der Waals surface area contributed by atoms with E-state index in [2.05, 4.69) is 49.2 Å². The number of hydrogen-bond donors (Lipinski definition) is 0. The Morgan fingerprint density at radius 1 is 1.11 bits per heavy atom. The second-order valence-electron chi connectivity index (χ2n) is 6.53. The number of hydrogen-bond acceptors (Lipinski definition) is 4. The summed E-state index contributed by atoms with van der Waals surface area (Å²) in [4.78, 5) is 4.67. The van der Waals surface area contributed by atoms with Gasteiger partial charge in [-0.1, -0.05) is 56.7 Å². The number of benzene rings is 2. The highest BCUT2D eigenvalue weighted by atomic mass is 32.1. The lowest BCUT2D eigenvalue weighted by Gasteiger charge is -2.05. The van der Waals surface area contributed by atoms with E-state index in [0.717, 1.165) is 53.4 Å². The second-order valence-corrected chi connectivity index (χ2v) is 7.39. The molecule has 1 heterocycles. The molecule has 28 heavy (non-hydrogen) atoms. The Balaban J connectivity index is 1.76. The molecule has 0 unspecified atom stereocenters. The van der Waals surface area contributed by atoms with Crippen LogP contribution in [-0.2, 0) is 6.42 Å². The van der Waals surface area contributed by atoms with Crippen LogP contribution < -0.4 is 4.74 Å². The van der Waals surface area contributed by atoms with Crippen molar-refractivity contribution in [1.82, 2.24) is 4.98 Å². The Hall–Kier alpha value is -2.90. The summed E-state index contributed by atoms with van der Waals surface area (Å²) in [7, 11) is 0. The number of nitrogens with zero attached hydrogens (tertiary/aromatic N) is 2. The van der Waals surface area contributed by atoms with Crippen molar-refractivity contribution in [1.29, 1.82) is 5.26 Å². The number of allylic oxidation sites excluding steroid dienone is 1. The van der Waals surface area contributed by atoms with Gasteiger partial charge in [0.25, 0.3) is 0 Å². The van der Waals surface area contributed by atoms with Gasteiger partial charge in [0, 0.05) is 10.9 Å². The van der Waals surface area contributed by atoms with E-state index in [-0.39, 0.29) is 0 Å². The number of aryl methyl sites for hydroxylation is 1. The molecule has 142 valence electrons. The van der Waals surface area contributed by atoms with Gasteiger partial charge in [-0.05, 0) is 42.2 Å². The molecule has 0 bridgehead atoms. The SMILES string of the molecule is CCCCOc1ccc(/C=C(\C#N)c2nc(-c3ccc(CC)cc3)cs2)cc1. The lowest BCUT2D eigenvalue weighted by molar-refractivity contribution is 0.309. The maximum absolute atomic E-state index is 9.61. The van der Waals surface area contributed by atoms with E-state index in [1.807, 2.05) is 35.7 Å². The van der Waals surface area contributed by atoms with Crippen LogP contribution in [0.2, 0.25) is 0 Å². The minimum absolute atomic E-state index is 0.570. The number of ether oxygens (including phenoxy) is 1. The van der Waals surface area contributed by atoms with Gasteiger partial charge in [-0.3, -0.25) is 0 Å². The highest BCUT2D eigenvalue weighted by molar-refractivity contribution is 7.11. The molecule has 2 aromatic carbocycles. The van der Waals surface area contributed by atoms with Crippen LogP contribution in [-0.4, -0.2) is 11.6 Å². The number of rotatable bonds is 8. The average Bonchev–Trinajstić information content (AvgIpc) is 3.23. The van der Waals surface area contributed by atoms with Crippen LogP contribution in [0.5, 0.6) is 5.75 Å². The largest absolute Gasteiger partial charge is 0.494 e. The monoisotopic (exact) mass is 388 g/mol. The normalized spacial score (nSPS) is 11.2. The molecule has 0 spiro atoms. The summed E-state index contributed by atoms with van der Waals surface area (Å²) in [5.41, 5.74) is 4.82. The zero-order chi connectivity index (χ0) is 19.8. The van der Waals surface area contributed by atoms with Gasteiger partial charge in [0.15, 0.2) is 0 Å². The van der Waals surface area contributed by atoms with Crippen molar-refractivity contribution >= 4 is 23.0 Å². The number of nitriles is 1. The molecule has 0 saturated carbocycles. The maximum atomic E-state index is 9.61. The predicted octanol–water partition coefficient (Wildman–Crippen LogP) is 6.62. The van der Waals surface area contributed by atoms with Gasteiger partial charge in [0.05, 0.1) is 17.9 Å². The van der Waals surface area contributed by atoms with Crippen molar-refractivity contribution in [3.8, 4) is 23.1 Å². The van der Waals surface area contributed by atoms with Crippen LogP contribution in [0.1, 0.15) is 42.8 Å². The molecule has 0 aliphatic heterocycles. The molecule has 0 fully saturated rings. The van der Waals surface area contributed by atoms with Crippen molar-refractivity contribution < 1.29 is 4.74 Å². The number of thiazole rings is 1.